The Kier molecular flexibility index (Phi) is 28.3. The number of hydrogen-bond donors (Lipinski definition) is 2. The summed E-state index contributed by atoms with van der Waals surface area (Å²) in [4.78, 5) is 23.2. The molecule has 0 saturated carbocycles. The number of aryl methyl sites for hydroxylation is 1. The molecule has 2 N–H and O–H groups in total. The molecule has 358 valence electrons. The van der Waals surface area contributed by atoms with Crippen molar-refractivity contribution >= 4 is 44.3 Å². The maximum Gasteiger partial charge on any atom is 0.317 e. The lowest BCUT2D eigenvalue weighted by molar-refractivity contribution is -0.142. The van der Waals surface area contributed by atoms with Gasteiger partial charge in [-0.05, 0) is 63.6 Å². The Balaban J connectivity index is 1.04. The van der Waals surface area contributed by atoms with Gasteiger partial charge in [-0.2, -0.15) is 0 Å². The lowest BCUT2D eigenvalue weighted by atomic mass is 9.90. The van der Waals surface area contributed by atoms with Crippen LogP contribution < -0.4 is 0 Å². The first kappa shape index (κ1) is 53.2. The molecular weight excluding hydrogens is 807 g/mol. The summed E-state index contributed by atoms with van der Waals surface area (Å²) in [6.45, 7) is 6.01. The first-order valence-electron chi connectivity index (χ1n) is 25.2. The zero-order valence-corrected chi connectivity index (χ0v) is 39.5. The second-order valence-corrected chi connectivity index (χ2v) is 17.8. The highest BCUT2D eigenvalue weighted by Crippen LogP contribution is 2.36. The van der Waals surface area contributed by atoms with Crippen LogP contribution in [-0.2, 0) is 39.7 Å². The Bertz CT molecular complexity index is 1770. The molecule has 0 heterocycles. The Hall–Kier alpha value is -3.38. The molecule has 0 aliphatic rings. The Morgan fingerprint density at radius 3 is 1.52 bits per heavy atom. The average Bonchev–Trinajstić information content (AvgIpc) is 3.28. The van der Waals surface area contributed by atoms with E-state index in [1.54, 1.807) is 0 Å². The SMILES string of the molecule is CCCCCCCCCCCCCCCCOC[C@@H](COCCOCCOCCN(CC(=O)O)CC(=O)O)OCCCCCCCCCc1ccc2ccc3cccc4ccc1c2c34. The molecule has 0 spiro atoms. The van der Waals surface area contributed by atoms with Crippen LogP contribution >= 0.6 is 0 Å². The number of ether oxygens (including phenoxy) is 5. The highest BCUT2D eigenvalue weighted by Gasteiger charge is 2.14. The summed E-state index contributed by atoms with van der Waals surface area (Å²) in [5, 5.41) is 26.2. The molecular formula is C54H83NO9. The van der Waals surface area contributed by atoms with Crippen molar-refractivity contribution in [1.29, 1.82) is 0 Å². The third-order valence-electron chi connectivity index (χ3n) is 12.3. The lowest BCUT2D eigenvalue weighted by Crippen LogP contribution is -2.37. The average molecular weight is 890 g/mol. The van der Waals surface area contributed by atoms with Crippen LogP contribution in [0, 0.1) is 0 Å². The van der Waals surface area contributed by atoms with E-state index in [4.69, 9.17) is 33.9 Å². The van der Waals surface area contributed by atoms with Crippen LogP contribution in [0.1, 0.15) is 147 Å². The van der Waals surface area contributed by atoms with Crippen LogP contribution in [0.25, 0.3) is 32.3 Å². The van der Waals surface area contributed by atoms with E-state index in [-0.39, 0.29) is 32.3 Å². The number of unbranched alkanes of at least 4 members (excludes halogenated alkanes) is 19. The summed E-state index contributed by atoms with van der Waals surface area (Å²) in [6.07, 6.45) is 28.2. The third-order valence-corrected chi connectivity index (χ3v) is 12.3. The summed E-state index contributed by atoms with van der Waals surface area (Å²) < 4.78 is 29.5. The maximum atomic E-state index is 11.0. The zero-order chi connectivity index (χ0) is 45.3. The number of rotatable bonds is 43. The number of nitrogens with zero attached hydrogens (tertiary/aromatic N) is 1. The smallest absolute Gasteiger partial charge is 0.317 e. The Labute approximate surface area is 385 Å². The van der Waals surface area contributed by atoms with Gasteiger partial charge in [-0.3, -0.25) is 14.5 Å². The van der Waals surface area contributed by atoms with E-state index in [0.29, 0.717) is 46.2 Å². The van der Waals surface area contributed by atoms with Gasteiger partial charge in [0.1, 0.15) is 6.10 Å². The van der Waals surface area contributed by atoms with Crippen molar-refractivity contribution in [3.8, 4) is 0 Å². The number of carboxylic acids is 2. The largest absolute Gasteiger partial charge is 0.480 e. The molecule has 10 nitrogen and oxygen atoms in total. The molecule has 0 aliphatic heterocycles. The first-order valence-corrected chi connectivity index (χ1v) is 25.2. The van der Waals surface area contributed by atoms with Gasteiger partial charge in [0.25, 0.3) is 0 Å². The fraction of sp³-hybridized carbons (Fsp3) is 0.667. The summed E-state index contributed by atoms with van der Waals surface area (Å²) in [5.74, 6) is -2.14. The van der Waals surface area contributed by atoms with Gasteiger partial charge in [-0.1, -0.05) is 177 Å². The molecule has 0 radical (unpaired) electrons. The van der Waals surface area contributed by atoms with E-state index in [0.717, 1.165) is 32.3 Å². The molecule has 64 heavy (non-hydrogen) atoms. The quantitative estimate of drug-likeness (QED) is 0.0328. The molecule has 0 amide bonds. The van der Waals surface area contributed by atoms with Crippen molar-refractivity contribution in [1.82, 2.24) is 4.90 Å². The van der Waals surface area contributed by atoms with Gasteiger partial charge in [0, 0.05) is 19.8 Å². The molecule has 10 heteroatoms. The van der Waals surface area contributed by atoms with E-state index < -0.39 is 11.9 Å². The molecule has 4 aromatic rings. The zero-order valence-electron chi connectivity index (χ0n) is 39.5. The van der Waals surface area contributed by atoms with Gasteiger partial charge in [-0.25, -0.2) is 0 Å². The molecule has 4 rings (SSSR count). The van der Waals surface area contributed by atoms with Crippen molar-refractivity contribution in [3.05, 3.63) is 60.2 Å². The minimum absolute atomic E-state index is 0.116. The van der Waals surface area contributed by atoms with Crippen LogP contribution in [0.15, 0.2) is 54.6 Å². The predicted octanol–water partition coefficient (Wildman–Crippen LogP) is 12.3. The van der Waals surface area contributed by atoms with Gasteiger partial charge >= 0.3 is 11.9 Å². The number of carboxylic acid groups (broad SMARTS) is 2. The highest BCUT2D eigenvalue weighted by molar-refractivity contribution is 6.23. The molecule has 1 atom stereocenters. The van der Waals surface area contributed by atoms with Crippen LogP contribution in [0.2, 0.25) is 0 Å². The fourth-order valence-corrected chi connectivity index (χ4v) is 8.77. The minimum atomic E-state index is -1.07. The standard InChI is InChI=1S/C54H83NO9/c1-2-3-4-5-6-7-8-9-10-11-12-15-18-21-34-62-43-49(44-63-40-39-61-38-37-60-36-33-55(41-51(56)57)42-52(58)59)64-35-22-19-16-13-14-17-20-24-45-27-28-48-30-29-46-25-23-26-47-31-32-50(45)54(48)53(46)47/h23,25-32,49H,2-22,24,33-44H2,1H3,(H,56,57)(H,58,59)/t49-/m0/s1. The van der Waals surface area contributed by atoms with Crippen LogP contribution in [0.4, 0.5) is 0 Å². The van der Waals surface area contributed by atoms with E-state index in [1.165, 1.54) is 158 Å². The summed E-state index contributed by atoms with van der Waals surface area (Å²) >= 11 is 0. The van der Waals surface area contributed by atoms with Crippen LogP contribution in [-0.4, -0.2) is 112 Å². The Morgan fingerprint density at radius 2 is 0.938 bits per heavy atom. The molecule has 0 bridgehead atoms. The van der Waals surface area contributed by atoms with E-state index in [1.807, 2.05) is 0 Å². The number of carbonyl (C=O) groups is 2. The second-order valence-electron chi connectivity index (χ2n) is 17.8. The molecule has 4 aromatic carbocycles. The van der Waals surface area contributed by atoms with Gasteiger partial charge in [-0.15, -0.1) is 0 Å². The highest BCUT2D eigenvalue weighted by atomic mass is 16.6. The molecule has 0 saturated heterocycles. The van der Waals surface area contributed by atoms with Crippen molar-refractivity contribution in [2.45, 2.75) is 154 Å². The third kappa shape index (κ3) is 22.2. The van der Waals surface area contributed by atoms with Crippen molar-refractivity contribution in [2.24, 2.45) is 0 Å². The molecule has 0 unspecified atom stereocenters. The predicted molar refractivity (Wildman–Crippen MR) is 261 cm³/mol. The molecule has 0 aromatic heterocycles. The van der Waals surface area contributed by atoms with Gasteiger partial charge in [0.15, 0.2) is 0 Å². The topological polar surface area (TPSA) is 124 Å². The normalized spacial score (nSPS) is 12.4. The van der Waals surface area contributed by atoms with Gasteiger partial charge in [0.05, 0.1) is 59.3 Å². The van der Waals surface area contributed by atoms with Gasteiger partial charge < -0.3 is 33.9 Å². The number of benzene rings is 4. The first-order chi connectivity index (χ1) is 31.5. The summed E-state index contributed by atoms with van der Waals surface area (Å²) in [6, 6.07) is 20.4. The fourth-order valence-electron chi connectivity index (χ4n) is 8.77. The van der Waals surface area contributed by atoms with Gasteiger partial charge in [0.2, 0.25) is 0 Å². The summed E-state index contributed by atoms with van der Waals surface area (Å²) in [5.41, 5.74) is 1.47. The lowest BCUT2D eigenvalue weighted by Gasteiger charge is -2.19. The monoisotopic (exact) mass is 890 g/mol. The summed E-state index contributed by atoms with van der Waals surface area (Å²) in [7, 11) is 0. The second kappa shape index (κ2) is 34.0. The minimum Gasteiger partial charge on any atom is -0.480 e. The van der Waals surface area contributed by atoms with Crippen LogP contribution in [0.5, 0.6) is 0 Å². The number of aliphatic carboxylic acids is 2. The van der Waals surface area contributed by atoms with E-state index in [2.05, 4.69) is 61.5 Å². The van der Waals surface area contributed by atoms with Crippen molar-refractivity contribution in [2.75, 3.05) is 79.1 Å². The number of hydrogen-bond acceptors (Lipinski definition) is 8. The van der Waals surface area contributed by atoms with Crippen molar-refractivity contribution in [3.63, 3.8) is 0 Å². The van der Waals surface area contributed by atoms with E-state index in [9.17, 15) is 9.59 Å². The van der Waals surface area contributed by atoms with E-state index >= 15 is 0 Å². The maximum absolute atomic E-state index is 11.0. The Morgan fingerprint density at radius 1 is 0.484 bits per heavy atom. The van der Waals surface area contributed by atoms with Crippen molar-refractivity contribution < 1.29 is 43.5 Å². The molecule has 0 aliphatic carbocycles. The van der Waals surface area contributed by atoms with Crippen LogP contribution in [0.3, 0.4) is 0 Å². The molecule has 0 fully saturated rings.